The molecule has 1 aliphatic rings. The van der Waals surface area contributed by atoms with Crippen molar-refractivity contribution >= 4 is 45.3 Å². The normalized spacial score (nSPS) is 14.9. The van der Waals surface area contributed by atoms with E-state index in [-0.39, 0.29) is 25.4 Å². The summed E-state index contributed by atoms with van der Waals surface area (Å²) in [5.41, 5.74) is 1.97. The van der Waals surface area contributed by atoms with E-state index in [1.165, 1.54) is 15.9 Å². The number of hydrogen-bond acceptors (Lipinski definition) is 9. The van der Waals surface area contributed by atoms with Crippen molar-refractivity contribution in [2.24, 2.45) is 4.99 Å². The lowest BCUT2D eigenvalue weighted by Gasteiger charge is -2.25. The largest absolute Gasteiger partial charge is 0.496 e. The molecule has 0 amide bonds. The zero-order valence-electron chi connectivity index (χ0n) is 21.9. The van der Waals surface area contributed by atoms with Crippen LogP contribution < -0.4 is 24.4 Å². The summed E-state index contributed by atoms with van der Waals surface area (Å²) in [5, 5.41) is 0. The molecule has 1 aromatic heterocycles. The maximum atomic E-state index is 13.7. The first kappa shape index (κ1) is 28.3. The second-order valence-corrected chi connectivity index (χ2v) is 10.2. The van der Waals surface area contributed by atoms with Gasteiger partial charge in [0.05, 0.1) is 46.6 Å². The van der Waals surface area contributed by atoms with Crippen LogP contribution in [0, 0.1) is 0 Å². The van der Waals surface area contributed by atoms with Crippen molar-refractivity contribution < 1.29 is 28.5 Å². The number of fused-ring (bicyclic) bond motifs is 1. The summed E-state index contributed by atoms with van der Waals surface area (Å²) < 4.78 is 23.7. The number of rotatable bonds is 9. The van der Waals surface area contributed by atoms with Crippen LogP contribution >= 0.6 is 27.3 Å². The molecule has 0 saturated heterocycles. The zero-order valence-corrected chi connectivity index (χ0v) is 24.3. The van der Waals surface area contributed by atoms with Crippen molar-refractivity contribution in [2.45, 2.75) is 26.8 Å². The van der Waals surface area contributed by atoms with Gasteiger partial charge in [-0.05, 0) is 78.2 Å². The molecule has 0 saturated carbocycles. The Morgan fingerprint density at radius 2 is 1.82 bits per heavy atom. The van der Waals surface area contributed by atoms with Crippen molar-refractivity contribution in [3.8, 4) is 11.5 Å². The average molecular weight is 616 g/mol. The Morgan fingerprint density at radius 3 is 2.46 bits per heavy atom. The van der Waals surface area contributed by atoms with E-state index in [4.69, 9.17) is 18.9 Å². The third kappa shape index (κ3) is 6.15. The number of nitrogens with zero attached hydrogens (tertiary/aromatic N) is 2. The lowest BCUT2D eigenvalue weighted by molar-refractivity contribution is -0.145. The fourth-order valence-electron chi connectivity index (χ4n) is 4.12. The number of thiazole rings is 1. The molecule has 0 unspecified atom stereocenters. The quantitative estimate of drug-likeness (QED) is 0.340. The van der Waals surface area contributed by atoms with Gasteiger partial charge in [0.2, 0.25) is 0 Å². The van der Waals surface area contributed by atoms with E-state index in [0.717, 1.165) is 5.56 Å². The van der Waals surface area contributed by atoms with Gasteiger partial charge in [-0.1, -0.05) is 29.5 Å². The third-order valence-corrected chi connectivity index (χ3v) is 7.45. The first-order valence-electron chi connectivity index (χ1n) is 12.2. The van der Waals surface area contributed by atoms with Crippen molar-refractivity contribution in [1.29, 1.82) is 0 Å². The Labute approximate surface area is 237 Å². The fourth-order valence-corrected chi connectivity index (χ4v) is 5.72. The Kier molecular flexibility index (Phi) is 9.03. The summed E-state index contributed by atoms with van der Waals surface area (Å²) in [7, 11) is 1.57. The molecule has 204 valence electrons. The minimum Gasteiger partial charge on any atom is -0.496 e. The van der Waals surface area contributed by atoms with E-state index < -0.39 is 18.0 Å². The molecule has 4 rings (SSSR count). The molecule has 9 nitrogen and oxygen atoms in total. The van der Waals surface area contributed by atoms with E-state index in [1.807, 2.05) is 12.1 Å². The molecule has 0 N–H and O–H groups in total. The number of carbonyl (C=O) groups is 2. The maximum absolute atomic E-state index is 13.7. The SMILES string of the molecule is CCOC(=O)COc1ccc(/C=c2/sc3n(c2=O)[C@H](c2ccc(OC)c(Br)c2)C(C(=O)OCC)=C(C)N=3)cc1. The second-order valence-electron chi connectivity index (χ2n) is 8.36. The number of benzene rings is 2. The molecule has 3 aromatic rings. The molecule has 0 spiro atoms. The highest BCUT2D eigenvalue weighted by molar-refractivity contribution is 9.10. The molecule has 1 atom stereocenters. The van der Waals surface area contributed by atoms with Crippen LogP contribution in [0.3, 0.4) is 0 Å². The Balaban J connectivity index is 1.76. The first-order valence-corrected chi connectivity index (χ1v) is 13.8. The number of esters is 2. The van der Waals surface area contributed by atoms with Gasteiger partial charge < -0.3 is 18.9 Å². The molecule has 0 bridgehead atoms. The minimum absolute atomic E-state index is 0.185. The van der Waals surface area contributed by atoms with Crippen LogP contribution in [0.5, 0.6) is 11.5 Å². The van der Waals surface area contributed by atoms with Gasteiger partial charge in [0, 0.05) is 0 Å². The number of allylic oxidation sites excluding steroid dienone is 1. The molecule has 0 aliphatic carbocycles. The van der Waals surface area contributed by atoms with Gasteiger partial charge in [-0.25, -0.2) is 14.6 Å². The topological polar surface area (TPSA) is 105 Å². The minimum atomic E-state index is -0.733. The van der Waals surface area contributed by atoms with Crippen LogP contribution in [0.25, 0.3) is 6.08 Å². The van der Waals surface area contributed by atoms with Crippen LogP contribution in [0.1, 0.15) is 37.9 Å². The van der Waals surface area contributed by atoms with Crippen molar-refractivity contribution in [3.05, 3.63) is 89.0 Å². The summed E-state index contributed by atoms with van der Waals surface area (Å²) in [4.78, 5) is 43.4. The van der Waals surface area contributed by atoms with Gasteiger partial charge in [0.25, 0.3) is 5.56 Å². The monoisotopic (exact) mass is 614 g/mol. The smallest absolute Gasteiger partial charge is 0.344 e. The van der Waals surface area contributed by atoms with Crippen molar-refractivity contribution in [2.75, 3.05) is 26.9 Å². The van der Waals surface area contributed by atoms with Gasteiger partial charge in [0.1, 0.15) is 11.5 Å². The lowest BCUT2D eigenvalue weighted by atomic mass is 9.96. The third-order valence-electron chi connectivity index (χ3n) is 5.85. The summed E-state index contributed by atoms with van der Waals surface area (Å²) in [6, 6.07) is 11.7. The summed E-state index contributed by atoms with van der Waals surface area (Å²) >= 11 is 4.74. The first-order chi connectivity index (χ1) is 18.8. The molecule has 0 fully saturated rings. The molecule has 0 radical (unpaired) electrons. The molecule has 2 heterocycles. The van der Waals surface area contributed by atoms with Crippen LogP contribution in [0.15, 0.2) is 68.0 Å². The highest BCUT2D eigenvalue weighted by Crippen LogP contribution is 2.35. The van der Waals surface area contributed by atoms with Crippen LogP contribution in [0.4, 0.5) is 0 Å². The van der Waals surface area contributed by atoms with Gasteiger partial charge in [-0.15, -0.1) is 0 Å². The predicted octanol–water partition coefficient (Wildman–Crippen LogP) is 3.51. The molecule has 39 heavy (non-hydrogen) atoms. The Morgan fingerprint density at radius 1 is 1.10 bits per heavy atom. The Bertz CT molecular complexity index is 1610. The van der Waals surface area contributed by atoms with Gasteiger partial charge in [-0.2, -0.15) is 0 Å². The molecular formula is C28H27BrN2O7S. The lowest BCUT2D eigenvalue weighted by Crippen LogP contribution is -2.39. The van der Waals surface area contributed by atoms with Crippen molar-refractivity contribution in [3.63, 3.8) is 0 Å². The highest BCUT2D eigenvalue weighted by Gasteiger charge is 2.33. The van der Waals surface area contributed by atoms with Crippen LogP contribution in [-0.4, -0.2) is 43.4 Å². The zero-order chi connectivity index (χ0) is 28.1. The van der Waals surface area contributed by atoms with Crippen LogP contribution in [0.2, 0.25) is 0 Å². The van der Waals surface area contributed by atoms with E-state index in [2.05, 4.69) is 20.9 Å². The van der Waals surface area contributed by atoms with E-state index >= 15 is 0 Å². The standard InChI is InChI=1S/C28H27BrN2O7S/c1-5-36-23(32)15-38-19-10-7-17(8-11-19)13-22-26(33)31-25(18-9-12-21(35-4)20(29)14-18)24(27(34)37-6-2)16(3)30-28(31)39-22/h7-14,25H,5-6,15H2,1-4H3/b22-13+/t25-/m1/s1. The molecule has 1 aliphatic heterocycles. The number of ether oxygens (including phenoxy) is 4. The average Bonchev–Trinajstić information content (AvgIpc) is 3.21. The van der Waals surface area contributed by atoms with Gasteiger partial charge in [-0.3, -0.25) is 9.36 Å². The van der Waals surface area contributed by atoms with E-state index in [0.29, 0.717) is 42.1 Å². The molecular weight excluding hydrogens is 588 g/mol. The van der Waals surface area contributed by atoms with Crippen LogP contribution in [-0.2, 0) is 19.1 Å². The number of methoxy groups -OCH3 is 1. The Hall–Kier alpha value is -3.70. The number of carbonyl (C=O) groups excluding carboxylic acids is 2. The van der Waals surface area contributed by atoms with E-state index in [1.54, 1.807) is 64.3 Å². The summed E-state index contributed by atoms with van der Waals surface area (Å²) in [6.07, 6.45) is 1.75. The summed E-state index contributed by atoms with van der Waals surface area (Å²) in [5.74, 6) is 0.155. The maximum Gasteiger partial charge on any atom is 0.344 e. The van der Waals surface area contributed by atoms with Crippen molar-refractivity contribution in [1.82, 2.24) is 4.57 Å². The fraction of sp³-hybridized carbons (Fsp3) is 0.286. The number of halogens is 1. The molecule has 11 heteroatoms. The van der Waals surface area contributed by atoms with Gasteiger partial charge in [0.15, 0.2) is 11.4 Å². The second kappa shape index (κ2) is 12.4. The summed E-state index contributed by atoms with van der Waals surface area (Å²) in [6.45, 7) is 5.50. The number of hydrogen-bond donors (Lipinski definition) is 0. The molecule has 2 aromatic carbocycles. The predicted molar refractivity (Wildman–Crippen MR) is 150 cm³/mol. The van der Waals surface area contributed by atoms with E-state index in [9.17, 15) is 14.4 Å². The highest BCUT2D eigenvalue weighted by atomic mass is 79.9. The number of aromatic nitrogens is 1. The van der Waals surface area contributed by atoms with Gasteiger partial charge >= 0.3 is 11.9 Å².